The summed E-state index contributed by atoms with van der Waals surface area (Å²) < 4.78 is 5.75. The number of nitrogens with zero attached hydrogens (tertiary/aromatic N) is 2. The molecule has 1 fully saturated rings. The normalized spacial score (nSPS) is 18.8. The van der Waals surface area contributed by atoms with Crippen LogP contribution in [0.25, 0.3) is 0 Å². The van der Waals surface area contributed by atoms with Crippen molar-refractivity contribution in [1.29, 1.82) is 0 Å². The highest BCUT2D eigenvalue weighted by atomic mass is 32.1. The Morgan fingerprint density at radius 2 is 2.00 bits per heavy atom. The number of likely N-dealkylation sites (tertiary alicyclic amines) is 1. The lowest BCUT2D eigenvalue weighted by Crippen LogP contribution is -2.42. The van der Waals surface area contributed by atoms with Crippen LogP contribution in [0.4, 0.5) is 10.5 Å². The van der Waals surface area contributed by atoms with Crippen LogP contribution in [0.1, 0.15) is 74.1 Å². The number of carbonyl (C=O) groups excluding carboxylic acids is 2. The van der Waals surface area contributed by atoms with Gasteiger partial charge in [0.15, 0.2) is 5.82 Å². The molecule has 1 atom stereocenters. The summed E-state index contributed by atoms with van der Waals surface area (Å²) in [6, 6.07) is 9.94. The highest BCUT2D eigenvalue weighted by Gasteiger charge is 2.33. The van der Waals surface area contributed by atoms with Crippen molar-refractivity contribution < 1.29 is 14.3 Å². The van der Waals surface area contributed by atoms with Gasteiger partial charge < -0.3 is 19.5 Å². The fraction of sp³-hybridized carbons (Fsp3) is 0.440. The number of thiocarbonyl (C=S) groups is 1. The van der Waals surface area contributed by atoms with Crippen molar-refractivity contribution in [2.24, 2.45) is 0 Å². The second-order valence-electron chi connectivity index (χ2n) is 9.47. The lowest BCUT2D eigenvalue weighted by molar-refractivity contribution is 0.0162. The molecule has 0 aliphatic carbocycles. The molecule has 3 heterocycles. The Morgan fingerprint density at radius 1 is 1.21 bits per heavy atom. The number of H-pyrrole nitrogens is 1. The smallest absolute Gasteiger partial charge is 0.410 e. The van der Waals surface area contributed by atoms with Crippen molar-refractivity contribution in [2.45, 2.75) is 64.6 Å². The van der Waals surface area contributed by atoms with Gasteiger partial charge in [-0.2, -0.15) is 0 Å². The minimum atomic E-state index is -0.552. The van der Waals surface area contributed by atoms with E-state index in [4.69, 9.17) is 17.0 Å². The highest BCUT2D eigenvalue weighted by molar-refractivity contribution is 7.78. The fourth-order valence-corrected chi connectivity index (χ4v) is 4.68. The summed E-state index contributed by atoms with van der Waals surface area (Å²) in [5.41, 5.74) is 2.84. The van der Waals surface area contributed by atoms with Gasteiger partial charge in [-0.15, -0.1) is 0 Å². The van der Waals surface area contributed by atoms with E-state index >= 15 is 0 Å². The SMILES string of the molecule is CC(C)(C)OC(=O)N1CCCCCC1c1ccccc1CN1C(=C=S)NC(=O)c2[nH]ccc21. The number of anilines is 1. The molecule has 2 aromatic rings. The first kappa shape index (κ1) is 23.1. The van der Waals surface area contributed by atoms with Crippen LogP contribution in [-0.4, -0.2) is 39.1 Å². The van der Waals surface area contributed by atoms with Gasteiger partial charge in [0.05, 0.1) is 18.3 Å². The van der Waals surface area contributed by atoms with E-state index in [-0.39, 0.29) is 18.0 Å². The van der Waals surface area contributed by atoms with Crippen LogP contribution in [0.3, 0.4) is 0 Å². The van der Waals surface area contributed by atoms with E-state index in [1.54, 1.807) is 6.20 Å². The Kier molecular flexibility index (Phi) is 6.58. The van der Waals surface area contributed by atoms with Gasteiger partial charge in [-0.1, -0.05) is 37.1 Å². The zero-order valence-electron chi connectivity index (χ0n) is 19.3. The number of carbonyl (C=O) groups is 2. The zero-order chi connectivity index (χ0) is 23.6. The summed E-state index contributed by atoms with van der Waals surface area (Å²) in [6.45, 7) is 6.83. The van der Waals surface area contributed by atoms with Gasteiger partial charge in [0.1, 0.15) is 11.3 Å². The molecule has 0 radical (unpaired) electrons. The third-order valence-electron chi connectivity index (χ3n) is 5.96. The number of aromatic amines is 1. The molecule has 7 nitrogen and oxygen atoms in total. The molecule has 174 valence electrons. The van der Waals surface area contributed by atoms with E-state index < -0.39 is 5.60 Å². The van der Waals surface area contributed by atoms with Crippen LogP contribution < -0.4 is 10.2 Å². The maximum absolute atomic E-state index is 13.1. The Morgan fingerprint density at radius 3 is 2.76 bits per heavy atom. The number of hydrogen-bond acceptors (Lipinski definition) is 5. The monoisotopic (exact) mass is 466 g/mol. The van der Waals surface area contributed by atoms with Crippen molar-refractivity contribution in [3.05, 3.63) is 59.2 Å². The van der Waals surface area contributed by atoms with Gasteiger partial charge >= 0.3 is 6.09 Å². The standard InChI is InChI=1S/C25H30N4O3S/c1-25(2,3)32-24(31)28-14-8-4-5-11-19(28)18-10-7-6-9-17(18)15-29-20-12-13-26-22(20)23(30)27-21(29)16-33/h6-7,9-10,12-13,19,26H,4-5,8,11,14-15H2,1-3H3,(H,27,30). The summed E-state index contributed by atoms with van der Waals surface area (Å²) in [5, 5.41) is 5.51. The van der Waals surface area contributed by atoms with E-state index in [1.807, 2.05) is 48.8 Å². The molecule has 1 aromatic carbocycles. The summed E-state index contributed by atoms with van der Waals surface area (Å²) in [4.78, 5) is 32.3. The first-order chi connectivity index (χ1) is 15.8. The number of rotatable bonds is 3. The predicted octanol–water partition coefficient (Wildman–Crippen LogP) is 5.06. The van der Waals surface area contributed by atoms with Crippen LogP contribution in [0.2, 0.25) is 0 Å². The molecular weight excluding hydrogens is 436 g/mol. The second-order valence-corrected chi connectivity index (χ2v) is 9.67. The summed E-state index contributed by atoms with van der Waals surface area (Å²) in [7, 11) is 0. The molecular formula is C25H30N4O3S. The van der Waals surface area contributed by atoms with Crippen molar-refractivity contribution in [2.75, 3.05) is 11.4 Å². The number of hydrogen-bond donors (Lipinski definition) is 2. The van der Waals surface area contributed by atoms with Crippen molar-refractivity contribution >= 4 is 34.9 Å². The van der Waals surface area contributed by atoms with Crippen LogP contribution in [0.15, 0.2) is 42.3 Å². The number of aromatic nitrogens is 1. The van der Waals surface area contributed by atoms with Crippen molar-refractivity contribution in [3.8, 4) is 0 Å². The van der Waals surface area contributed by atoms with E-state index in [9.17, 15) is 9.59 Å². The minimum absolute atomic E-state index is 0.0801. The topological polar surface area (TPSA) is 77.7 Å². The maximum atomic E-state index is 13.1. The van der Waals surface area contributed by atoms with Crippen molar-refractivity contribution in [1.82, 2.24) is 15.2 Å². The quantitative estimate of drug-likeness (QED) is 0.619. The van der Waals surface area contributed by atoms with E-state index in [0.717, 1.165) is 42.5 Å². The van der Waals surface area contributed by atoms with Gasteiger partial charge in [-0.3, -0.25) is 10.1 Å². The average Bonchev–Trinajstić information content (AvgIpc) is 3.13. The van der Waals surface area contributed by atoms with Gasteiger partial charge in [0.2, 0.25) is 0 Å². The van der Waals surface area contributed by atoms with E-state index in [0.29, 0.717) is 24.6 Å². The number of ether oxygens (including phenoxy) is 1. The number of amides is 2. The average molecular weight is 467 g/mol. The molecule has 0 saturated carbocycles. The molecule has 8 heteroatoms. The van der Waals surface area contributed by atoms with Gasteiger partial charge in [-0.25, -0.2) is 4.79 Å². The molecule has 1 aromatic heterocycles. The first-order valence-electron chi connectivity index (χ1n) is 11.4. The van der Waals surface area contributed by atoms with Gasteiger partial charge in [0, 0.05) is 12.7 Å². The largest absolute Gasteiger partial charge is 0.444 e. The van der Waals surface area contributed by atoms with Gasteiger partial charge in [0.25, 0.3) is 5.91 Å². The van der Waals surface area contributed by atoms with Crippen LogP contribution in [0, 0.1) is 0 Å². The minimum Gasteiger partial charge on any atom is -0.444 e. The molecule has 1 saturated heterocycles. The summed E-state index contributed by atoms with van der Waals surface area (Å²) >= 11 is 5.08. The van der Waals surface area contributed by atoms with E-state index in [1.165, 1.54) is 0 Å². The molecule has 0 bridgehead atoms. The molecule has 2 aliphatic rings. The molecule has 2 amide bonds. The van der Waals surface area contributed by atoms with Gasteiger partial charge in [-0.05, 0) is 68.0 Å². The molecule has 2 aliphatic heterocycles. The molecule has 2 N–H and O–H groups in total. The maximum Gasteiger partial charge on any atom is 0.410 e. The third kappa shape index (κ3) is 4.97. The van der Waals surface area contributed by atoms with Crippen LogP contribution >= 0.6 is 12.2 Å². The lowest BCUT2D eigenvalue weighted by atomic mass is 9.95. The molecule has 33 heavy (non-hydrogen) atoms. The van der Waals surface area contributed by atoms with Crippen molar-refractivity contribution in [3.63, 3.8) is 0 Å². The lowest BCUT2D eigenvalue weighted by Gasteiger charge is -2.35. The number of nitrogens with one attached hydrogen (secondary N) is 2. The van der Waals surface area contributed by atoms with Crippen LogP contribution in [0.5, 0.6) is 0 Å². The third-order valence-corrected chi connectivity index (χ3v) is 6.16. The molecule has 4 rings (SSSR count). The molecule has 1 unspecified atom stereocenters. The fourth-order valence-electron chi connectivity index (χ4n) is 4.52. The summed E-state index contributed by atoms with van der Waals surface area (Å²) in [5.74, 6) is 0.216. The number of benzene rings is 1. The molecule has 0 spiro atoms. The summed E-state index contributed by atoms with van der Waals surface area (Å²) in [6.07, 6.45) is 5.43. The van der Waals surface area contributed by atoms with Crippen LogP contribution in [-0.2, 0) is 11.3 Å². The highest BCUT2D eigenvalue weighted by Crippen LogP contribution is 2.35. The Bertz CT molecular complexity index is 1100. The zero-order valence-corrected chi connectivity index (χ0v) is 20.1. The van der Waals surface area contributed by atoms with E-state index in [2.05, 4.69) is 27.5 Å². The number of fused-ring (bicyclic) bond motifs is 1. The second kappa shape index (κ2) is 9.41. The Hall–Kier alpha value is -3.09. The Balaban J connectivity index is 1.69. The first-order valence-corrected chi connectivity index (χ1v) is 11.8. The Labute approximate surface area is 199 Å². The predicted molar refractivity (Wildman–Crippen MR) is 131 cm³/mol.